The maximum absolute atomic E-state index is 13.7. The van der Waals surface area contributed by atoms with Gasteiger partial charge in [-0.2, -0.15) is 0 Å². The van der Waals surface area contributed by atoms with Gasteiger partial charge in [-0.3, -0.25) is 9.59 Å². The molecular weight excluding hydrogens is 470 g/mol. The average Bonchev–Trinajstić information content (AvgIpc) is 2.91. The molecule has 1 amide bonds. The van der Waals surface area contributed by atoms with Crippen molar-refractivity contribution in [3.8, 4) is 11.5 Å². The molecular formula is C30H23NO6. The molecule has 0 aromatic heterocycles. The van der Waals surface area contributed by atoms with E-state index in [4.69, 9.17) is 4.74 Å². The molecule has 0 saturated heterocycles. The van der Waals surface area contributed by atoms with Gasteiger partial charge in [-0.25, -0.2) is 0 Å². The number of ether oxygens (including phenoxy) is 1. The van der Waals surface area contributed by atoms with Gasteiger partial charge in [0.05, 0.1) is 5.92 Å². The highest BCUT2D eigenvalue weighted by Gasteiger charge is 2.69. The van der Waals surface area contributed by atoms with Crippen LogP contribution >= 0.6 is 0 Å². The number of rotatable bonds is 5. The Labute approximate surface area is 212 Å². The summed E-state index contributed by atoms with van der Waals surface area (Å²) in [6, 6.07) is 29.0. The smallest absolute Gasteiger partial charge is 0.311 e. The number of carbonyl (C=O) groups is 2. The van der Waals surface area contributed by atoms with Crippen LogP contribution in [0.3, 0.4) is 0 Å². The van der Waals surface area contributed by atoms with Crippen LogP contribution in [-0.2, 0) is 20.8 Å². The van der Waals surface area contributed by atoms with Crippen LogP contribution in [0.4, 0.5) is 5.69 Å². The Morgan fingerprint density at radius 2 is 1.19 bits per heavy atom. The quantitative estimate of drug-likeness (QED) is 0.331. The maximum atomic E-state index is 13.7. The lowest BCUT2D eigenvalue weighted by atomic mass is 9.49. The molecule has 0 radical (unpaired) electrons. The number of aliphatic hydroxyl groups is 2. The summed E-state index contributed by atoms with van der Waals surface area (Å²) >= 11 is 0. The monoisotopic (exact) mass is 493 g/mol. The Morgan fingerprint density at radius 3 is 1.81 bits per heavy atom. The number of carboxylic acid groups (broad SMARTS) is 1. The first-order valence-corrected chi connectivity index (χ1v) is 11.9. The summed E-state index contributed by atoms with van der Waals surface area (Å²) in [5.74, 6) is -4.37. The van der Waals surface area contributed by atoms with E-state index in [1.807, 2.05) is 18.2 Å². The largest absolute Gasteiger partial charge is 0.481 e. The van der Waals surface area contributed by atoms with E-state index in [9.17, 15) is 24.9 Å². The summed E-state index contributed by atoms with van der Waals surface area (Å²) in [6.45, 7) is 0. The minimum Gasteiger partial charge on any atom is -0.481 e. The zero-order valence-electron chi connectivity index (χ0n) is 19.5. The third-order valence-corrected chi connectivity index (χ3v) is 7.36. The van der Waals surface area contributed by atoms with E-state index < -0.39 is 34.9 Å². The lowest BCUT2D eigenvalue weighted by Gasteiger charge is -2.57. The van der Waals surface area contributed by atoms with Gasteiger partial charge in [0, 0.05) is 5.69 Å². The van der Waals surface area contributed by atoms with Crippen molar-refractivity contribution in [2.24, 2.45) is 11.8 Å². The number of para-hydroxylation sites is 2. The van der Waals surface area contributed by atoms with E-state index in [1.165, 1.54) is 0 Å². The van der Waals surface area contributed by atoms with Crippen LogP contribution in [0.2, 0.25) is 0 Å². The van der Waals surface area contributed by atoms with Crippen molar-refractivity contribution >= 4 is 17.6 Å². The highest BCUT2D eigenvalue weighted by atomic mass is 16.5. The number of hydrogen-bond donors (Lipinski definition) is 4. The zero-order valence-corrected chi connectivity index (χ0v) is 19.5. The Bertz CT molecular complexity index is 1520. The average molecular weight is 494 g/mol. The van der Waals surface area contributed by atoms with Gasteiger partial charge in [0.25, 0.3) is 0 Å². The Morgan fingerprint density at radius 1 is 0.649 bits per heavy atom. The number of benzene rings is 4. The zero-order chi connectivity index (χ0) is 25.8. The topological polar surface area (TPSA) is 116 Å². The Kier molecular flexibility index (Phi) is 5.15. The van der Waals surface area contributed by atoms with Crippen molar-refractivity contribution in [1.29, 1.82) is 0 Å². The van der Waals surface area contributed by atoms with E-state index in [2.05, 4.69) is 5.32 Å². The second-order valence-corrected chi connectivity index (χ2v) is 9.35. The fraction of sp³-hybridized carbons (Fsp3) is 0.133. The van der Waals surface area contributed by atoms with Gasteiger partial charge in [-0.15, -0.1) is 0 Å². The maximum Gasteiger partial charge on any atom is 0.311 e. The lowest BCUT2D eigenvalue weighted by Crippen LogP contribution is -2.65. The molecule has 4 unspecified atom stereocenters. The van der Waals surface area contributed by atoms with Gasteiger partial charge in [0.1, 0.15) is 28.6 Å². The fourth-order valence-corrected chi connectivity index (χ4v) is 5.85. The van der Waals surface area contributed by atoms with Crippen LogP contribution < -0.4 is 10.1 Å². The molecule has 0 aliphatic heterocycles. The minimum atomic E-state index is -2.10. The first-order chi connectivity index (χ1) is 17.8. The van der Waals surface area contributed by atoms with Crippen molar-refractivity contribution in [3.05, 3.63) is 125 Å². The van der Waals surface area contributed by atoms with Crippen LogP contribution in [0, 0.1) is 11.8 Å². The first-order valence-electron chi connectivity index (χ1n) is 11.9. The summed E-state index contributed by atoms with van der Waals surface area (Å²) in [7, 11) is 0. The predicted molar refractivity (Wildman–Crippen MR) is 135 cm³/mol. The van der Waals surface area contributed by atoms with Gasteiger partial charge >= 0.3 is 5.97 Å². The van der Waals surface area contributed by atoms with Crippen LogP contribution in [0.15, 0.2) is 103 Å². The molecule has 3 aliphatic carbocycles. The summed E-state index contributed by atoms with van der Waals surface area (Å²) < 4.78 is 5.95. The van der Waals surface area contributed by atoms with Crippen molar-refractivity contribution in [2.45, 2.75) is 11.2 Å². The molecule has 7 rings (SSSR count). The standard InChI is InChI=1S/C30H23NO6/c32-27(31-18-9-3-1-4-10-18)25-26(28(33)34)30(36)22-14-8-7-13-21(22)29(25,35)23-16-15-20(17-24(23)30)37-19-11-5-2-6-12-19/h1-17,25-26,35-36H,(H,31,32)(H,33,34). The van der Waals surface area contributed by atoms with Gasteiger partial charge in [-0.05, 0) is 58.7 Å². The summed E-state index contributed by atoms with van der Waals surface area (Å²) in [6.07, 6.45) is 0. The number of anilines is 1. The number of hydrogen-bond acceptors (Lipinski definition) is 5. The van der Waals surface area contributed by atoms with E-state index >= 15 is 0 Å². The molecule has 184 valence electrons. The minimum absolute atomic E-state index is 0.193. The molecule has 4 aromatic rings. The van der Waals surface area contributed by atoms with Crippen LogP contribution in [0.5, 0.6) is 11.5 Å². The molecule has 37 heavy (non-hydrogen) atoms. The fourth-order valence-electron chi connectivity index (χ4n) is 5.85. The van der Waals surface area contributed by atoms with Gasteiger partial charge < -0.3 is 25.4 Å². The SMILES string of the molecule is O=C(O)C1C(C(=O)Nc2ccccc2)C2(O)c3ccccc3C1(O)c1cc(Oc3ccccc3)ccc12. The van der Waals surface area contributed by atoms with Crippen LogP contribution in [0.1, 0.15) is 22.3 Å². The van der Waals surface area contributed by atoms with E-state index in [0.717, 1.165) is 0 Å². The molecule has 0 heterocycles. The normalized spacial score (nSPS) is 25.0. The molecule has 0 fully saturated rings. The summed E-state index contributed by atoms with van der Waals surface area (Å²) in [5, 5.41) is 37.8. The molecule has 4 N–H and O–H groups in total. The third kappa shape index (κ3) is 3.28. The number of amides is 1. The molecule has 0 spiro atoms. The van der Waals surface area contributed by atoms with Crippen molar-refractivity contribution < 1.29 is 29.6 Å². The highest BCUT2D eigenvalue weighted by molar-refractivity contribution is 5.98. The van der Waals surface area contributed by atoms with Gasteiger partial charge in [-0.1, -0.05) is 66.7 Å². The Balaban J connectivity index is 1.55. The van der Waals surface area contributed by atoms with Crippen LogP contribution in [0.25, 0.3) is 0 Å². The summed E-state index contributed by atoms with van der Waals surface area (Å²) in [4.78, 5) is 26.4. The second-order valence-electron chi connectivity index (χ2n) is 9.35. The molecule has 4 atom stereocenters. The number of fused-ring (bicyclic) bond motifs is 1. The Hall–Kier alpha value is -4.46. The highest BCUT2D eigenvalue weighted by Crippen LogP contribution is 2.63. The number of aliphatic carboxylic acids is 1. The lowest BCUT2D eigenvalue weighted by molar-refractivity contribution is -0.178. The van der Waals surface area contributed by atoms with Crippen molar-refractivity contribution in [3.63, 3.8) is 0 Å². The molecule has 7 nitrogen and oxygen atoms in total. The molecule has 4 aromatic carbocycles. The number of carbonyl (C=O) groups excluding carboxylic acids is 1. The predicted octanol–water partition coefficient (Wildman–Crippen LogP) is 4.23. The van der Waals surface area contributed by atoms with Crippen molar-refractivity contribution in [2.75, 3.05) is 5.32 Å². The van der Waals surface area contributed by atoms with Gasteiger partial charge in [0.15, 0.2) is 0 Å². The van der Waals surface area contributed by atoms with E-state index in [-0.39, 0.29) is 16.7 Å². The molecule has 3 aliphatic rings. The molecule has 0 saturated carbocycles. The molecule has 2 bridgehead atoms. The first kappa shape index (κ1) is 23.0. The van der Waals surface area contributed by atoms with Gasteiger partial charge in [0.2, 0.25) is 5.91 Å². The van der Waals surface area contributed by atoms with Crippen LogP contribution in [-0.4, -0.2) is 27.2 Å². The number of nitrogens with one attached hydrogen (secondary N) is 1. The van der Waals surface area contributed by atoms with E-state index in [0.29, 0.717) is 22.7 Å². The number of carboxylic acids is 1. The van der Waals surface area contributed by atoms with Crippen molar-refractivity contribution in [1.82, 2.24) is 0 Å². The summed E-state index contributed by atoms with van der Waals surface area (Å²) in [5.41, 5.74) is -2.65. The van der Waals surface area contributed by atoms with E-state index in [1.54, 1.807) is 84.9 Å². The second kappa shape index (κ2) is 8.30. The third-order valence-electron chi connectivity index (χ3n) is 7.36. The molecule has 7 heteroatoms.